The number of hydrogen-bond acceptors (Lipinski definition) is 6. The maximum atomic E-state index is 13.7. The Bertz CT molecular complexity index is 1030. The summed E-state index contributed by atoms with van der Waals surface area (Å²) in [7, 11) is 0. The number of piperidine rings is 2. The van der Waals surface area contributed by atoms with Gasteiger partial charge in [-0.15, -0.1) is 0 Å². The Hall–Kier alpha value is -2.20. The Balaban J connectivity index is 1.29. The van der Waals surface area contributed by atoms with Crippen LogP contribution in [-0.2, 0) is 19.1 Å². The van der Waals surface area contributed by atoms with Gasteiger partial charge in [-0.1, -0.05) is 17.7 Å². The van der Waals surface area contributed by atoms with Crippen LogP contribution in [0.25, 0.3) is 0 Å². The standard InChI is InChI=1S/C31H48ClN5O4/c1-4-36(30(39)23-34-18-20-41-21-19-34)27-10-14-33(15-11-27)12-5-13-37(28-7-6-24(2)29(32)22-28)31(40)26-8-16-35(17-9-26)25(3)38/h6-7,22,26-27H,4-5,8-21,23H2,1-3H3. The highest BCUT2D eigenvalue weighted by Gasteiger charge is 2.31. The smallest absolute Gasteiger partial charge is 0.236 e. The molecule has 9 nitrogen and oxygen atoms in total. The number of amides is 3. The Morgan fingerprint density at radius 3 is 2.27 bits per heavy atom. The van der Waals surface area contributed by atoms with Crippen LogP contribution in [0.2, 0.25) is 5.02 Å². The van der Waals surface area contributed by atoms with E-state index in [1.54, 1.807) is 6.92 Å². The zero-order chi connectivity index (χ0) is 29.4. The van der Waals surface area contributed by atoms with E-state index in [9.17, 15) is 14.4 Å². The second-order valence-corrected chi connectivity index (χ2v) is 12.1. The third kappa shape index (κ3) is 8.66. The van der Waals surface area contributed by atoms with Crippen molar-refractivity contribution in [2.75, 3.05) is 83.6 Å². The fourth-order valence-electron chi connectivity index (χ4n) is 6.36. The number of rotatable bonds is 10. The van der Waals surface area contributed by atoms with Crippen LogP contribution in [0.15, 0.2) is 18.2 Å². The zero-order valence-electron chi connectivity index (χ0n) is 25.2. The number of ether oxygens (including phenoxy) is 1. The van der Waals surface area contributed by atoms with Crippen molar-refractivity contribution in [3.63, 3.8) is 0 Å². The monoisotopic (exact) mass is 589 g/mol. The number of aryl methyl sites for hydroxylation is 1. The first kappa shape index (κ1) is 31.7. The molecule has 1 aromatic rings. The fraction of sp³-hybridized carbons (Fsp3) is 0.710. The molecule has 0 aromatic heterocycles. The first-order chi connectivity index (χ1) is 19.8. The molecule has 0 spiro atoms. The van der Waals surface area contributed by atoms with Gasteiger partial charge in [-0.2, -0.15) is 0 Å². The highest BCUT2D eigenvalue weighted by molar-refractivity contribution is 6.31. The van der Waals surface area contributed by atoms with Crippen molar-refractivity contribution in [3.05, 3.63) is 28.8 Å². The molecule has 3 aliphatic heterocycles. The highest BCUT2D eigenvalue weighted by atomic mass is 35.5. The molecule has 0 N–H and O–H groups in total. The van der Waals surface area contributed by atoms with E-state index in [0.29, 0.717) is 63.3 Å². The number of likely N-dealkylation sites (tertiary alicyclic amines) is 2. The van der Waals surface area contributed by atoms with Gasteiger partial charge in [0.25, 0.3) is 0 Å². The number of carbonyl (C=O) groups is 3. The highest BCUT2D eigenvalue weighted by Crippen LogP contribution is 2.28. The molecular weight excluding hydrogens is 542 g/mol. The van der Waals surface area contributed by atoms with Crippen molar-refractivity contribution in [1.29, 1.82) is 0 Å². The van der Waals surface area contributed by atoms with Gasteiger partial charge in [0, 0.05) is 82.0 Å². The van der Waals surface area contributed by atoms with Crippen LogP contribution < -0.4 is 4.90 Å². The number of nitrogens with zero attached hydrogens (tertiary/aromatic N) is 5. The largest absolute Gasteiger partial charge is 0.379 e. The van der Waals surface area contributed by atoms with Gasteiger partial charge in [0.2, 0.25) is 17.7 Å². The van der Waals surface area contributed by atoms with E-state index in [1.807, 2.05) is 34.9 Å². The molecule has 3 amide bonds. The third-order valence-corrected chi connectivity index (χ3v) is 9.41. The Morgan fingerprint density at radius 2 is 1.66 bits per heavy atom. The van der Waals surface area contributed by atoms with E-state index in [0.717, 1.165) is 69.8 Å². The van der Waals surface area contributed by atoms with Crippen LogP contribution in [0.5, 0.6) is 0 Å². The average molecular weight is 590 g/mol. The summed E-state index contributed by atoms with van der Waals surface area (Å²) in [5.41, 5.74) is 1.83. The van der Waals surface area contributed by atoms with Gasteiger partial charge in [0.15, 0.2) is 0 Å². The minimum absolute atomic E-state index is 0.0744. The molecule has 0 bridgehead atoms. The molecule has 41 heavy (non-hydrogen) atoms. The molecule has 0 saturated carbocycles. The normalized spacial score (nSPS) is 19.8. The van der Waals surface area contributed by atoms with Crippen LogP contribution in [-0.4, -0.2) is 122 Å². The summed E-state index contributed by atoms with van der Waals surface area (Å²) < 4.78 is 5.42. The van der Waals surface area contributed by atoms with Crippen LogP contribution in [0.1, 0.15) is 51.5 Å². The van der Waals surface area contributed by atoms with Crippen LogP contribution in [0.3, 0.4) is 0 Å². The number of carbonyl (C=O) groups excluding carboxylic acids is 3. The van der Waals surface area contributed by atoms with E-state index in [-0.39, 0.29) is 23.6 Å². The van der Waals surface area contributed by atoms with Gasteiger partial charge >= 0.3 is 0 Å². The molecule has 3 aliphatic rings. The summed E-state index contributed by atoms with van der Waals surface area (Å²) in [6.45, 7) is 14.7. The number of hydrogen-bond donors (Lipinski definition) is 0. The maximum absolute atomic E-state index is 13.7. The lowest BCUT2D eigenvalue weighted by atomic mass is 9.94. The first-order valence-corrected chi connectivity index (χ1v) is 15.8. The summed E-state index contributed by atoms with van der Waals surface area (Å²) in [6, 6.07) is 6.15. The maximum Gasteiger partial charge on any atom is 0.236 e. The minimum atomic E-state index is -0.0866. The van der Waals surface area contributed by atoms with Crippen molar-refractivity contribution >= 4 is 35.0 Å². The Morgan fingerprint density at radius 1 is 0.976 bits per heavy atom. The average Bonchev–Trinajstić information content (AvgIpc) is 2.98. The van der Waals surface area contributed by atoms with Crippen LogP contribution in [0, 0.1) is 12.8 Å². The number of halogens is 1. The molecule has 0 atom stereocenters. The van der Waals surface area contributed by atoms with E-state index in [2.05, 4.69) is 21.6 Å². The van der Waals surface area contributed by atoms with Gasteiger partial charge in [0.1, 0.15) is 0 Å². The van der Waals surface area contributed by atoms with E-state index < -0.39 is 0 Å². The molecule has 10 heteroatoms. The summed E-state index contributed by atoms with van der Waals surface area (Å²) in [6.07, 6.45) is 4.21. The zero-order valence-corrected chi connectivity index (χ0v) is 25.9. The second-order valence-electron chi connectivity index (χ2n) is 11.7. The second kappa shape index (κ2) is 15.3. The van der Waals surface area contributed by atoms with Gasteiger partial charge < -0.3 is 24.3 Å². The summed E-state index contributed by atoms with van der Waals surface area (Å²) in [5.74, 6) is 0.346. The van der Waals surface area contributed by atoms with Gasteiger partial charge in [-0.3, -0.25) is 19.3 Å². The molecule has 228 valence electrons. The van der Waals surface area contributed by atoms with Gasteiger partial charge in [-0.05, 0) is 70.2 Å². The van der Waals surface area contributed by atoms with Crippen LogP contribution >= 0.6 is 11.6 Å². The molecule has 0 unspecified atom stereocenters. The number of morpholine rings is 1. The van der Waals surface area contributed by atoms with E-state index in [1.165, 1.54) is 0 Å². The van der Waals surface area contributed by atoms with Crippen molar-refractivity contribution in [2.24, 2.45) is 5.92 Å². The lowest BCUT2D eigenvalue weighted by Crippen LogP contribution is -2.51. The lowest BCUT2D eigenvalue weighted by Gasteiger charge is -2.39. The molecule has 3 saturated heterocycles. The van der Waals surface area contributed by atoms with Crippen molar-refractivity contribution < 1.29 is 19.1 Å². The van der Waals surface area contributed by atoms with Crippen LogP contribution in [0.4, 0.5) is 5.69 Å². The summed E-state index contributed by atoms with van der Waals surface area (Å²) in [5, 5.41) is 0.664. The molecule has 0 aliphatic carbocycles. The third-order valence-electron chi connectivity index (χ3n) is 9.00. The molecule has 1 aromatic carbocycles. The SMILES string of the molecule is CCN(C(=O)CN1CCOCC1)C1CCN(CCCN(C(=O)C2CCN(C(C)=O)CC2)c2ccc(C)c(Cl)c2)CC1. The lowest BCUT2D eigenvalue weighted by molar-refractivity contribution is -0.136. The molecule has 3 fully saturated rings. The fourth-order valence-corrected chi connectivity index (χ4v) is 6.54. The summed E-state index contributed by atoms with van der Waals surface area (Å²) in [4.78, 5) is 49.0. The Labute approximate surface area is 250 Å². The first-order valence-electron chi connectivity index (χ1n) is 15.4. The van der Waals surface area contributed by atoms with E-state index >= 15 is 0 Å². The molecule has 3 heterocycles. The van der Waals surface area contributed by atoms with E-state index in [4.69, 9.17) is 16.3 Å². The summed E-state index contributed by atoms with van der Waals surface area (Å²) >= 11 is 6.46. The molecular formula is C31H48ClN5O4. The Kier molecular flexibility index (Phi) is 11.9. The van der Waals surface area contributed by atoms with Crippen molar-refractivity contribution in [1.82, 2.24) is 19.6 Å². The van der Waals surface area contributed by atoms with Gasteiger partial charge in [0.05, 0.1) is 19.8 Å². The topological polar surface area (TPSA) is 76.6 Å². The minimum Gasteiger partial charge on any atom is -0.379 e. The van der Waals surface area contributed by atoms with Crippen molar-refractivity contribution in [3.8, 4) is 0 Å². The number of benzene rings is 1. The molecule has 4 rings (SSSR count). The quantitative estimate of drug-likeness (QED) is 0.417. The van der Waals surface area contributed by atoms with Crippen molar-refractivity contribution in [2.45, 2.75) is 58.9 Å². The number of likely N-dealkylation sites (N-methyl/N-ethyl adjacent to an activating group) is 1. The predicted molar refractivity (Wildman–Crippen MR) is 162 cm³/mol. The molecule has 0 radical (unpaired) electrons. The van der Waals surface area contributed by atoms with Gasteiger partial charge in [-0.25, -0.2) is 0 Å². The predicted octanol–water partition coefficient (Wildman–Crippen LogP) is 3.28. The number of anilines is 1.